The van der Waals surface area contributed by atoms with Crippen LogP contribution in [0.15, 0.2) is 24.3 Å². The minimum Gasteiger partial charge on any atom is -0.469 e. The van der Waals surface area contributed by atoms with Gasteiger partial charge in [-0.2, -0.15) is 0 Å². The van der Waals surface area contributed by atoms with Crippen molar-refractivity contribution in [2.45, 2.75) is 97.1 Å². The number of hydrogen-bond acceptors (Lipinski definition) is 6. The van der Waals surface area contributed by atoms with E-state index >= 15 is 0 Å². The highest BCUT2D eigenvalue weighted by atomic mass is 16.7. The second-order valence-electron chi connectivity index (χ2n) is 8.79. The molecule has 178 valence electrons. The number of esters is 1. The van der Waals surface area contributed by atoms with Gasteiger partial charge in [0.05, 0.1) is 25.9 Å². The van der Waals surface area contributed by atoms with Gasteiger partial charge >= 0.3 is 5.97 Å². The Morgan fingerprint density at radius 1 is 1.19 bits per heavy atom. The van der Waals surface area contributed by atoms with Crippen LogP contribution in [0.5, 0.6) is 0 Å². The summed E-state index contributed by atoms with van der Waals surface area (Å²) in [4.78, 5) is 23.7. The number of Topliss-reactive ketones (excluding diaryl/α,β-unsaturated/α-hetero) is 1. The number of unbranched alkanes of at least 4 members (excludes halogenated alkanes) is 3. The minimum atomic E-state index is -0.679. The Labute approximate surface area is 188 Å². The second kappa shape index (κ2) is 14.5. The molecule has 0 spiro atoms. The normalized spacial score (nSPS) is 21.4. The molecule has 1 saturated heterocycles. The van der Waals surface area contributed by atoms with Gasteiger partial charge in [-0.3, -0.25) is 9.59 Å². The van der Waals surface area contributed by atoms with Gasteiger partial charge in [0.2, 0.25) is 0 Å². The molecule has 1 aliphatic heterocycles. The van der Waals surface area contributed by atoms with E-state index in [0.29, 0.717) is 19.4 Å². The SMILES string of the molecule is CCCCC[C@H](O)/C=C/[C@@H]([C@@H]1COC(C)(C)O1)[C@@H](C/C=C\CCCC(=O)OC)C(C)=O. The van der Waals surface area contributed by atoms with Crippen molar-refractivity contribution in [1.29, 1.82) is 0 Å². The summed E-state index contributed by atoms with van der Waals surface area (Å²) < 4.78 is 16.5. The van der Waals surface area contributed by atoms with Crippen LogP contribution in [0.3, 0.4) is 0 Å². The molecule has 1 N–H and O–H groups in total. The quantitative estimate of drug-likeness (QED) is 0.226. The standard InChI is InChI=1S/C25H42O6/c1-6-7-10-13-20(27)16-17-22(23-18-30-25(3,4)31-23)21(19(2)26)14-11-8-9-12-15-24(28)29-5/h8,11,16-17,20-23,27H,6-7,9-10,12-15,18H2,1-5H3/b11-8-,17-16+/t20-,21-,22+,23-/m0/s1. The predicted molar refractivity (Wildman–Crippen MR) is 121 cm³/mol. The molecule has 0 saturated carbocycles. The Bertz CT molecular complexity index is 595. The van der Waals surface area contributed by atoms with E-state index in [1.165, 1.54) is 7.11 Å². The van der Waals surface area contributed by atoms with Crippen molar-refractivity contribution in [3.05, 3.63) is 24.3 Å². The van der Waals surface area contributed by atoms with E-state index < -0.39 is 11.9 Å². The molecule has 1 aliphatic rings. The van der Waals surface area contributed by atoms with Crippen LogP contribution in [0.25, 0.3) is 0 Å². The molecule has 1 fully saturated rings. The molecular formula is C25H42O6. The fourth-order valence-corrected chi connectivity index (χ4v) is 3.80. The summed E-state index contributed by atoms with van der Waals surface area (Å²) in [6, 6.07) is 0. The molecule has 6 nitrogen and oxygen atoms in total. The molecule has 4 atom stereocenters. The largest absolute Gasteiger partial charge is 0.469 e. The monoisotopic (exact) mass is 438 g/mol. The molecule has 0 aromatic rings. The fourth-order valence-electron chi connectivity index (χ4n) is 3.80. The van der Waals surface area contributed by atoms with Gasteiger partial charge in [-0.05, 0) is 46.5 Å². The molecule has 0 aromatic carbocycles. The predicted octanol–water partition coefficient (Wildman–Crippen LogP) is 4.75. The lowest BCUT2D eigenvalue weighted by atomic mass is 9.82. The van der Waals surface area contributed by atoms with E-state index in [1.54, 1.807) is 6.92 Å². The van der Waals surface area contributed by atoms with Gasteiger partial charge in [0, 0.05) is 18.3 Å². The van der Waals surface area contributed by atoms with Crippen LogP contribution in [0.4, 0.5) is 0 Å². The van der Waals surface area contributed by atoms with E-state index in [0.717, 1.165) is 38.5 Å². The Morgan fingerprint density at radius 3 is 2.52 bits per heavy atom. The number of ketones is 1. The highest BCUT2D eigenvalue weighted by Gasteiger charge is 2.40. The molecule has 6 heteroatoms. The van der Waals surface area contributed by atoms with Crippen molar-refractivity contribution in [3.8, 4) is 0 Å². The van der Waals surface area contributed by atoms with Crippen molar-refractivity contribution in [3.63, 3.8) is 0 Å². The second-order valence-corrected chi connectivity index (χ2v) is 8.79. The molecule has 1 heterocycles. The number of aliphatic hydroxyl groups excluding tert-OH is 1. The lowest BCUT2D eigenvalue weighted by Crippen LogP contribution is -2.33. The van der Waals surface area contributed by atoms with Crippen LogP contribution >= 0.6 is 0 Å². The highest BCUT2D eigenvalue weighted by Crippen LogP contribution is 2.33. The number of allylic oxidation sites excluding steroid dienone is 2. The summed E-state index contributed by atoms with van der Waals surface area (Å²) in [7, 11) is 1.39. The molecule has 0 aliphatic carbocycles. The third-order valence-corrected chi connectivity index (χ3v) is 5.64. The van der Waals surface area contributed by atoms with Crippen molar-refractivity contribution in [2.75, 3.05) is 13.7 Å². The summed E-state index contributed by atoms with van der Waals surface area (Å²) in [5, 5.41) is 10.3. The zero-order chi connectivity index (χ0) is 23.3. The summed E-state index contributed by atoms with van der Waals surface area (Å²) in [6.07, 6.45) is 13.4. The van der Waals surface area contributed by atoms with Gasteiger partial charge in [0.15, 0.2) is 5.79 Å². The number of rotatable bonds is 15. The lowest BCUT2D eigenvalue weighted by molar-refractivity contribution is -0.147. The van der Waals surface area contributed by atoms with E-state index in [-0.39, 0.29) is 29.7 Å². The average molecular weight is 439 g/mol. The van der Waals surface area contributed by atoms with Crippen molar-refractivity contribution < 1.29 is 28.9 Å². The smallest absolute Gasteiger partial charge is 0.305 e. The Hall–Kier alpha value is -1.50. The molecule has 0 amide bonds. The number of carbonyl (C=O) groups excluding carboxylic acids is 2. The zero-order valence-corrected chi connectivity index (χ0v) is 20.0. The first-order valence-corrected chi connectivity index (χ1v) is 11.6. The van der Waals surface area contributed by atoms with Crippen LogP contribution in [0.1, 0.15) is 79.1 Å². The van der Waals surface area contributed by atoms with Gasteiger partial charge in [-0.25, -0.2) is 0 Å². The number of aliphatic hydroxyl groups is 1. The van der Waals surface area contributed by atoms with Crippen molar-refractivity contribution >= 4 is 11.8 Å². The van der Waals surface area contributed by atoms with Crippen LogP contribution in [0, 0.1) is 11.8 Å². The van der Waals surface area contributed by atoms with Gasteiger partial charge in [0.1, 0.15) is 5.78 Å². The molecular weight excluding hydrogens is 396 g/mol. The first-order valence-electron chi connectivity index (χ1n) is 11.6. The maximum atomic E-state index is 12.5. The fraction of sp³-hybridized carbons (Fsp3) is 0.760. The highest BCUT2D eigenvalue weighted by molar-refractivity contribution is 5.79. The molecule has 0 aromatic heterocycles. The summed E-state index contributed by atoms with van der Waals surface area (Å²) in [5.41, 5.74) is 0. The minimum absolute atomic E-state index is 0.0858. The molecule has 31 heavy (non-hydrogen) atoms. The zero-order valence-electron chi connectivity index (χ0n) is 20.0. The topological polar surface area (TPSA) is 82.1 Å². The molecule has 0 unspecified atom stereocenters. The van der Waals surface area contributed by atoms with E-state index in [2.05, 4.69) is 11.7 Å². The molecule has 0 radical (unpaired) electrons. The lowest BCUT2D eigenvalue weighted by Gasteiger charge is -2.27. The van der Waals surface area contributed by atoms with Crippen molar-refractivity contribution in [2.24, 2.45) is 11.8 Å². The van der Waals surface area contributed by atoms with Gasteiger partial charge in [-0.1, -0.05) is 50.5 Å². The number of ether oxygens (including phenoxy) is 3. The van der Waals surface area contributed by atoms with Crippen LogP contribution in [-0.2, 0) is 23.8 Å². The first-order chi connectivity index (χ1) is 14.7. The third kappa shape index (κ3) is 11.1. The van der Waals surface area contributed by atoms with E-state index in [1.807, 2.05) is 38.2 Å². The average Bonchev–Trinajstić information content (AvgIpc) is 3.08. The van der Waals surface area contributed by atoms with Crippen LogP contribution in [-0.4, -0.2) is 48.6 Å². The first kappa shape index (κ1) is 27.5. The Morgan fingerprint density at radius 2 is 1.94 bits per heavy atom. The van der Waals surface area contributed by atoms with Crippen LogP contribution in [0.2, 0.25) is 0 Å². The van der Waals surface area contributed by atoms with Gasteiger partial charge < -0.3 is 19.3 Å². The number of hydrogen-bond donors (Lipinski definition) is 1. The van der Waals surface area contributed by atoms with E-state index in [9.17, 15) is 14.7 Å². The Balaban J connectivity index is 2.80. The summed E-state index contributed by atoms with van der Waals surface area (Å²) in [5.74, 6) is -1.25. The molecule has 0 bridgehead atoms. The summed E-state index contributed by atoms with van der Waals surface area (Å²) in [6.45, 7) is 7.91. The van der Waals surface area contributed by atoms with Gasteiger partial charge in [0.25, 0.3) is 0 Å². The van der Waals surface area contributed by atoms with Gasteiger partial charge in [-0.15, -0.1) is 0 Å². The maximum absolute atomic E-state index is 12.5. The maximum Gasteiger partial charge on any atom is 0.305 e. The van der Waals surface area contributed by atoms with E-state index in [4.69, 9.17) is 9.47 Å². The number of methoxy groups -OCH3 is 1. The van der Waals surface area contributed by atoms with Crippen molar-refractivity contribution in [1.82, 2.24) is 0 Å². The van der Waals surface area contributed by atoms with Crippen LogP contribution < -0.4 is 0 Å². The third-order valence-electron chi connectivity index (χ3n) is 5.64. The number of carbonyl (C=O) groups is 2. The Kier molecular flexibility index (Phi) is 12.9. The summed E-state index contributed by atoms with van der Waals surface area (Å²) >= 11 is 0. The molecule has 1 rings (SSSR count).